The zero-order chi connectivity index (χ0) is 17.8. The highest BCUT2D eigenvalue weighted by molar-refractivity contribution is 5.34. The minimum absolute atomic E-state index is 0.0870. The summed E-state index contributed by atoms with van der Waals surface area (Å²) in [6.07, 6.45) is -5.06. The lowest BCUT2D eigenvalue weighted by atomic mass is 9.74. The maximum atomic E-state index is 13.5. The second-order valence-electron chi connectivity index (χ2n) is 5.37. The summed E-state index contributed by atoms with van der Waals surface area (Å²) in [5.41, 5.74) is -4.71. The van der Waals surface area contributed by atoms with Crippen molar-refractivity contribution in [1.82, 2.24) is 5.32 Å². The molecule has 7 nitrogen and oxygen atoms in total. The molecule has 0 heterocycles. The molecule has 0 aromatic rings. The van der Waals surface area contributed by atoms with Gasteiger partial charge in [0.05, 0.1) is 16.3 Å². The Bertz CT molecular complexity index is 557. The van der Waals surface area contributed by atoms with Gasteiger partial charge in [0.15, 0.2) is 5.70 Å². The van der Waals surface area contributed by atoms with Crippen molar-refractivity contribution in [3.05, 3.63) is 43.4 Å². The lowest BCUT2D eigenvalue weighted by Gasteiger charge is -2.34. The third-order valence-electron chi connectivity index (χ3n) is 3.67. The van der Waals surface area contributed by atoms with Crippen molar-refractivity contribution in [1.29, 1.82) is 0 Å². The second-order valence-corrected chi connectivity index (χ2v) is 5.37. The summed E-state index contributed by atoms with van der Waals surface area (Å²) < 4.78 is 40.5. The van der Waals surface area contributed by atoms with Gasteiger partial charge in [0, 0.05) is 12.6 Å². The maximum absolute atomic E-state index is 13.5. The molecule has 0 aromatic heterocycles. The smallest absolute Gasteiger partial charge is 0.374 e. The van der Waals surface area contributed by atoms with Crippen LogP contribution in [0.4, 0.5) is 13.2 Å². The van der Waals surface area contributed by atoms with Crippen molar-refractivity contribution in [2.75, 3.05) is 6.54 Å². The molecule has 1 N–H and O–H groups in total. The molecule has 0 bridgehead atoms. The lowest BCUT2D eigenvalue weighted by Crippen LogP contribution is -2.42. The summed E-state index contributed by atoms with van der Waals surface area (Å²) in [7, 11) is 0. The van der Waals surface area contributed by atoms with Crippen molar-refractivity contribution < 1.29 is 23.0 Å². The molecule has 1 atom stereocenters. The fourth-order valence-corrected chi connectivity index (χ4v) is 2.59. The largest absolute Gasteiger partial charge is 0.398 e. The SMILES string of the molecule is CCCNC1=C([N+](=O)[O-])CC(CCC)(C(F)(F)F)C=C1[N+](=O)[O-]. The molecule has 0 saturated carbocycles. The van der Waals surface area contributed by atoms with E-state index in [1.165, 1.54) is 6.92 Å². The predicted molar refractivity (Wildman–Crippen MR) is 75.4 cm³/mol. The van der Waals surface area contributed by atoms with Gasteiger partial charge in [0.1, 0.15) is 5.41 Å². The molecule has 0 radical (unpaired) electrons. The van der Waals surface area contributed by atoms with Crippen LogP contribution in [0.5, 0.6) is 0 Å². The van der Waals surface area contributed by atoms with Gasteiger partial charge in [-0.05, 0) is 12.8 Å². The topological polar surface area (TPSA) is 98.3 Å². The van der Waals surface area contributed by atoms with Crippen LogP contribution in [0.25, 0.3) is 0 Å². The van der Waals surface area contributed by atoms with Crippen LogP contribution < -0.4 is 5.32 Å². The van der Waals surface area contributed by atoms with Crippen LogP contribution in [-0.2, 0) is 0 Å². The van der Waals surface area contributed by atoms with Crippen LogP contribution in [0.15, 0.2) is 23.2 Å². The molecular formula is C13H18F3N3O4. The van der Waals surface area contributed by atoms with Gasteiger partial charge >= 0.3 is 6.18 Å². The van der Waals surface area contributed by atoms with E-state index in [9.17, 15) is 33.4 Å². The van der Waals surface area contributed by atoms with Gasteiger partial charge in [-0.15, -0.1) is 0 Å². The Balaban J connectivity index is 3.54. The summed E-state index contributed by atoms with van der Waals surface area (Å²) >= 11 is 0. The van der Waals surface area contributed by atoms with Gasteiger partial charge in [-0.3, -0.25) is 20.2 Å². The van der Waals surface area contributed by atoms with Crippen molar-refractivity contribution in [3.63, 3.8) is 0 Å². The number of rotatable bonds is 7. The molecule has 0 spiro atoms. The first-order valence-corrected chi connectivity index (χ1v) is 7.15. The minimum Gasteiger partial charge on any atom is -0.374 e. The zero-order valence-corrected chi connectivity index (χ0v) is 12.8. The molecule has 0 amide bonds. The predicted octanol–water partition coefficient (Wildman–Crippen LogP) is 3.39. The van der Waals surface area contributed by atoms with Gasteiger partial charge in [0.2, 0.25) is 0 Å². The molecule has 10 heteroatoms. The lowest BCUT2D eigenvalue weighted by molar-refractivity contribution is -0.447. The Hall–Kier alpha value is -2.13. The summed E-state index contributed by atoms with van der Waals surface area (Å²) in [4.78, 5) is 20.4. The number of nitrogens with one attached hydrogen (secondary N) is 1. The maximum Gasteiger partial charge on any atom is 0.398 e. The monoisotopic (exact) mass is 337 g/mol. The fourth-order valence-electron chi connectivity index (χ4n) is 2.59. The Labute approximate surface area is 130 Å². The molecular weight excluding hydrogens is 319 g/mol. The quantitative estimate of drug-likeness (QED) is 0.567. The fraction of sp³-hybridized carbons (Fsp3) is 0.692. The molecule has 23 heavy (non-hydrogen) atoms. The molecule has 1 unspecified atom stereocenters. The second kappa shape index (κ2) is 6.97. The van der Waals surface area contributed by atoms with Gasteiger partial charge in [-0.1, -0.05) is 20.3 Å². The van der Waals surface area contributed by atoms with Crippen molar-refractivity contribution in [2.45, 2.75) is 45.7 Å². The van der Waals surface area contributed by atoms with Gasteiger partial charge in [0.25, 0.3) is 11.4 Å². The molecule has 0 aromatic carbocycles. The van der Waals surface area contributed by atoms with E-state index in [0.717, 1.165) is 0 Å². The summed E-state index contributed by atoms with van der Waals surface area (Å²) in [6, 6.07) is 0. The molecule has 1 aliphatic carbocycles. The molecule has 0 saturated heterocycles. The zero-order valence-electron chi connectivity index (χ0n) is 12.8. The van der Waals surface area contributed by atoms with Crippen LogP contribution in [0.2, 0.25) is 0 Å². The number of alkyl halides is 3. The van der Waals surface area contributed by atoms with Crippen LogP contribution >= 0.6 is 0 Å². The highest BCUT2D eigenvalue weighted by Crippen LogP contribution is 2.51. The minimum atomic E-state index is -4.82. The number of allylic oxidation sites excluding steroid dienone is 2. The summed E-state index contributed by atoms with van der Waals surface area (Å²) in [5.74, 6) is 0. The van der Waals surface area contributed by atoms with E-state index in [-0.39, 0.29) is 13.0 Å². The van der Waals surface area contributed by atoms with Crippen LogP contribution in [-0.4, -0.2) is 22.6 Å². The number of halogens is 3. The molecule has 0 fully saturated rings. The molecule has 1 rings (SSSR count). The van der Waals surface area contributed by atoms with E-state index in [0.29, 0.717) is 12.5 Å². The van der Waals surface area contributed by atoms with Crippen LogP contribution in [0.1, 0.15) is 39.5 Å². The third-order valence-corrected chi connectivity index (χ3v) is 3.67. The van der Waals surface area contributed by atoms with Crippen LogP contribution in [0.3, 0.4) is 0 Å². The van der Waals surface area contributed by atoms with Crippen molar-refractivity contribution in [3.8, 4) is 0 Å². The van der Waals surface area contributed by atoms with E-state index in [2.05, 4.69) is 5.32 Å². The molecule has 0 aliphatic heterocycles. The van der Waals surface area contributed by atoms with E-state index >= 15 is 0 Å². The third kappa shape index (κ3) is 3.80. The van der Waals surface area contributed by atoms with E-state index in [1.54, 1.807) is 6.92 Å². The van der Waals surface area contributed by atoms with E-state index < -0.39 is 51.4 Å². The number of nitrogens with zero attached hydrogens (tertiary/aromatic N) is 2. The van der Waals surface area contributed by atoms with Crippen molar-refractivity contribution >= 4 is 0 Å². The first-order chi connectivity index (χ1) is 10.6. The first kappa shape index (κ1) is 18.9. The van der Waals surface area contributed by atoms with Crippen LogP contribution in [0, 0.1) is 25.6 Å². The van der Waals surface area contributed by atoms with Gasteiger partial charge in [-0.2, -0.15) is 13.2 Å². The van der Waals surface area contributed by atoms with Gasteiger partial charge < -0.3 is 5.32 Å². The van der Waals surface area contributed by atoms with Gasteiger partial charge in [-0.25, -0.2) is 0 Å². The van der Waals surface area contributed by atoms with E-state index in [4.69, 9.17) is 0 Å². The first-order valence-electron chi connectivity index (χ1n) is 7.15. The Morgan fingerprint density at radius 1 is 1.22 bits per heavy atom. The highest BCUT2D eigenvalue weighted by atomic mass is 19.4. The highest BCUT2D eigenvalue weighted by Gasteiger charge is 2.59. The standard InChI is InChI=1S/C13H18F3N3O4/c1-3-5-12(13(14,15)16)7-9(18(20)21)11(17-6-4-2)10(8-12)19(22)23/h7,17H,3-6,8H2,1-2H3. The van der Waals surface area contributed by atoms with Crippen molar-refractivity contribution in [2.24, 2.45) is 5.41 Å². The average molecular weight is 337 g/mol. The Kier molecular flexibility index (Phi) is 5.73. The number of nitro groups is 2. The summed E-state index contributed by atoms with van der Waals surface area (Å²) in [6.45, 7) is 3.41. The number of hydrogen-bond donors (Lipinski definition) is 1. The molecule has 1 aliphatic rings. The average Bonchev–Trinajstić information content (AvgIpc) is 2.43. The Morgan fingerprint density at radius 2 is 1.83 bits per heavy atom. The summed E-state index contributed by atoms with van der Waals surface area (Å²) in [5, 5.41) is 24.9. The normalized spacial score (nSPS) is 21.9. The Morgan fingerprint density at radius 3 is 2.22 bits per heavy atom. The number of hydrogen-bond acceptors (Lipinski definition) is 5. The van der Waals surface area contributed by atoms with E-state index in [1.807, 2.05) is 0 Å². The molecule has 130 valence electrons.